The van der Waals surface area contributed by atoms with E-state index >= 15 is 0 Å². The van der Waals surface area contributed by atoms with Crippen molar-refractivity contribution in [2.45, 2.75) is 39.0 Å². The highest BCUT2D eigenvalue weighted by atomic mass is 19.1. The van der Waals surface area contributed by atoms with Gasteiger partial charge in [0.05, 0.1) is 0 Å². The lowest BCUT2D eigenvalue weighted by Crippen LogP contribution is -2.35. The van der Waals surface area contributed by atoms with Gasteiger partial charge in [0.25, 0.3) is 5.91 Å². The van der Waals surface area contributed by atoms with Crippen molar-refractivity contribution in [3.63, 3.8) is 0 Å². The molecule has 1 saturated carbocycles. The Bertz CT molecular complexity index is 428. The van der Waals surface area contributed by atoms with Gasteiger partial charge in [-0.25, -0.2) is 4.98 Å². The fourth-order valence-corrected chi connectivity index (χ4v) is 2.69. The number of aromatic nitrogens is 1. The number of carbonyl (C=O) groups is 1. The average Bonchev–Trinajstić information content (AvgIpc) is 2.85. The van der Waals surface area contributed by atoms with Gasteiger partial charge in [-0.1, -0.05) is 19.8 Å². The molecule has 18 heavy (non-hydrogen) atoms. The monoisotopic (exact) mass is 250 g/mol. The summed E-state index contributed by atoms with van der Waals surface area (Å²) in [5, 5.41) is 2.93. The molecule has 0 bridgehead atoms. The minimum atomic E-state index is -0.617. The first kappa shape index (κ1) is 13.0. The van der Waals surface area contributed by atoms with E-state index in [0.29, 0.717) is 12.1 Å². The number of halogens is 1. The van der Waals surface area contributed by atoms with Crippen LogP contribution < -0.4 is 5.32 Å². The van der Waals surface area contributed by atoms with E-state index in [9.17, 15) is 9.18 Å². The van der Waals surface area contributed by atoms with Crippen molar-refractivity contribution in [2.75, 3.05) is 6.54 Å². The van der Waals surface area contributed by atoms with Gasteiger partial charge in [-0.2, -0.15) is 4.39 Å². The third-order valence-corrected chi connectivity index (χ3v) is 4.03. The fraction of sp³-hybridized carbons (Fsp3) is 0.571. The van der Waals surface area contributed by atoms with E-state index in [1.54, 1.807) is 0 Å². The van der Waals surface area contributed by atoms with Crippen LogP contribution in [0.25, 0.3) is 0 Å². The predicted molar refractivity (Wildman–Crippen MR) is 67.7 cm³/mol. The van der Waals surface area contributed by atoms with Crippen LogP contribution in [-0.4, -0.2) is 17.4 Å². The number of rotatable bonds is 4. The molecule has 0 aromatic carbocycles. The molecule has 0 aliphatic heterocycles. The van der Waals surface area contributed by atoms with Crippen LogP contribution in [-0.2, 0) is 0 Å². The second kappa shape index (κ2) is 5.46. The van der Waals surface area contributed by atoms with Crippen LogP contribution in [0.5, 0.6) is 0 Å². The van der Waals surface area contributed by atoms with E-state index < -0.39 is 5.95 Å². The Hall–Kier alpha value is -1.45. The minimum absolute atomic E-state index is 0.212. The van der Waals surface area contributed by atoms with Crippen molar-refractivity contribution in [1.82, 2.24) is 10.3 Å². The van der Waals surface area contributed by atoms with Gasteiger partial charge in [0, 0.05) is 24.4 Å². The van der Waals surface area contributed by atoms with Crippen molar-refractivity contribution in [3.8, 4) is 0 Å². The van der Waals surface area contributed by atoms with Crippen LogP contribution in [0.3, 0.4) is 0 Å². The Balaban J connectivity index is 1.96. The maximum atomic E-state index is 12.9. The molecule has 4 heteroatoms. The molecule has 0 saturated heterocycles. The summed E-state index contributed by atoms with van der Waals surface area (Å²) < 4.78 is 12.9. The van der Waals surface area contributed by atoms with Crippen molar-refractivity contribution in [3.05, 3.63) is 29.8 Å². The lowest BCUT2D eigenvalue weighted by molar-refractivity contribution is 0.0928. The minimum Gasteiger partial charge on any atom is -0.351 e. The zero-order chi connectivity index (χ0) is 13.0. The maximum Gasteiger partial charge on any atom is 0.251 e. The molecule has 3 nitrogen and oxygen atoms in total. The molecule has 1 fully saturated rings. The first-order chi connectivity index (χ1) is 8.65. The summed E-state index contributed by atoms with van der Waals surface area (Å²) in [4.78, 5) is 15.3. The van der Waals surface area contributed by atoms with E-state index in [2.05, 4.69) is 17.2 Å². The number of carbonyl (C=O) groups excluding carboxylic acids is 1. The molecule has 1 heterocycles. The molecule has 98 valence electrons. The highest BCUT2D eigenvalue weighted by Crippen LogP contribution is 2.40. The maximum absolute atomic E-state index is 12.9. The quantitative estimate of drug-likeness (QED) is 0.835. The molecular weight excluding hydrogens is 231 g/mol. The molecule has 1 aliphatic carbocycles. The topological polar surface area (TPSA) is 42.0 Å². The van der Waals surface area contributed by atoms with Gasteiger partial charge in [-0.3, -0.25) is 4.79 Å². The molecule has 1 aliphatic rings. The average molecular weight is 250 g/mol. The van der Waals surface area contributed by atoms with Crippen molar-refractivity contribution >= 4 is 5.91 Å². The lowest BCUT2D eigenvalue weighted by Gasteiger charge is -2.27. The zero-order valence-electron chi connectivity index (χ0n) is 10.7. The number of nitrogens with zero attached hydrogens (tertiary/aromatic N) is 1. The highest BCUT2D eigenvalue weighted by Gasteiger charge is 2.32. The molecule has 1 aromatic rings. The second-order valence-electron chi connectivity index (χ2n) is 5.11. The lowest BCUT2D eigenvalue weighted by atomic mass is 9.83. The molecule has 0 atom stereocenters. The van der Waals surface area contributed by atoms with Crippen LogP contribution >= 0.6 is 0 Å². The summed E-state index contributed by atoms with van der Waals surface area (Å²) >= 11 is 0. The number of pyridine rings is 1. The van der Waals surface area contributed by atoms with E-state index in [4.69, 9.17) is 0 Å². The Morgan fingerprint density at radius 3 is 2.83 bits per heavy atom. The Kier molecular flexibility index (Phi) is 3.94. The van der Waals surface area contributed by atoms with Gasteiger partial charge < -0.3 is 5.32 Å². The van der Waals surface area contributed by atoms with Gasteiger partial charge >= 0.3 is 0 Å². The van der Waals surface area contributed by atoms with Crippen molar-refractivity contribution in [2.24, 2.45) is 5.41 Å². The van der Waals surface area contributed by atoms with Gasteiger partial charge in [-0.15, -0.1) is 0 Å². The fourth-order valence-electron chi connectivity index (χ4n) is 2.69. The van der Waals surface area contributed by atoms with E-state index in [0.717, 1.165) is 6.42 Å². The molecular formula is C14H19FN2O. The van der Waals surface area contributed by atoms with E-state index in [-0.39, 0.29) is 11.3 Å². The van der Waals surface area contributed by atoms with Crippen LogP contribution in [0, 0.1) is 11.4 Å². The molecule has 0 spiro atoms. The second-order valence-corrected chi connectivity index (χ2v) is 5.11. The smallest absolute Gasteiger partial charge is 0.251 e. The van der Waals surface area contributed by atoms with Gasteiger partial charge in [0.1, 0.15) is 0 Å². The number of amides is 1. The van der Waals surface area contributed by atoms with Crippen LogP contribution in [0.15, 0.2) is 18.3 Å². The van der Waals surface area contributed by atoms with Gasteiger partial charge in [0.2, 0.25) is 5.95 Å². The summed E-state index contributed by atoms with van der Waals surface area (Å²) in [5.41, 5.74) is 0.591. The van der Waals surface area contributed by atoms with E-state index in [1.165, 1.54) is 44.0 Å². The highest BCUT2D eigenvalue weighted by molar-refractivity contribution is 5.94. The Morgan fingerprint density at radius 2 is 2.22 bits per heavy atom. The first-order valence-electron chi connectivity index (χ1n) is 6.55. The molecule has 1 aromatic heterocycles. The first-order valence-corrected chi connectivity index (χ1v) is 6.55. The number of hydrogen-bond donors (Lipinski definition) is 1. The van der Waals surface area contributed by atoms with Crippen LogP contribution in [0.1, 0.15) is 49.4 Å². The summed E-state index contributed by atoms with van der Waals surface area (Å²) in [6.07, 6.45) is 7.23. The third kappa shape index (κ3) is 2.86. The third-order valence-electron chi connectivity index (χ3n) is 4.03. The van der Waals surface area contributed by atoms with Gasteiger partial charge in [0.15, 0.2) is 0 Å². The molecule has 1 amide bonds. The predicted octanol–water partition coefficient (Wildman–Crippen LogP) is 2.92. The summed E-state index contributed by atoms with van der Waals surface area (Å²) in [6.45, 7) is 2.86. The Morgan fingerprint density at radius 1 is 1.50 bits per heavy atom. The van der Waals surface area contributed by atoms with Crippen LogP contribution in [0.2, 0.25) is 0 Å². The molecule has 1 N–H and O–H groups in total. The molecule has 2 rings (SSSR count). The van der Waals surface area contributed by atoms with Crippen LogP contribution in [0.4, 0.5) is 4.39 Å². The molecule has 0 unspecified atom stereocenters. The van der Waals surface area contributed by atoms with E-state index in [1.807, 2.05) is 0 Å². The number of hydrogen-bond acceptors (Lipinski definition) is 2. The summed E-state index contributed by atoms with van der Waals surface area (Å²) in [5.74, 6) is -0.829. The standard InChI is InChI=1S/C14H19FN2O/c1-2-14(6-3-4-7-14)10-17-13(18)11-5-8-16-12(15)9-11/h5,8-9H,2-4,6-7,10H2,1H3,(H,17,18). The summed E-state index contributed by atoms with van der Waals surface area (Å²) in [7, 11) is 0. The van der Waals surface area contributed by atoms with Gasteiger partial charge in [-0.05, 0) is 30.7 Å². The Labute approximate surface area is 107 Å². The van der Waals surface area contributed by atoms with Crippen molar-refractivity contribution < 1.29 is 9.18 Å². The normalized spacial score (nSPS) is 17.7. The van der Waals surface area contributed by atoms with Crippen molar-refractivity contribution in [1.29, 1.82) is 0 Å². The number of nitrogens with one attached hydrogen (secondary N) is 1. The SMILES string of the molecule is CCC1(CNC(=O)c2ccnc(F)c2)CCCC1. The molecule has 0 radical (unpaired) electrons. The summed E-state index contributed by atoms with van der Waals surface area (Å²) in [6, 6.07) is 2.70. The largest absolute Gasteiger partial charge is 0.351 e. The zero-order valence-corrected chi connectivity index (χ0v) is 10.7.